The summed E-state index contributed by atoms with van der Waals surface area (Å²) in [5.74, 6) is -0.0212. The first-order valence-electron chi connectivity index (χ1n) is 9.29. The van der Waals surface area contributed by atoms with Crippen LogP contribution in [0, 0.1) is 0 Å². The Kier molecular flexibility index (Phi) is 6.22. The smallest absolute Gasteiger partial charge is 0.223 e. The number of hydrogen-bond acceptors (Lipinski definition) is 7. The van der Waals surface area contributed by atoms with E-state index in [1.165, 1.54) is 0 Å². The van der Waals surface area contributed by atoms with Crippen molar-refractivity contribution >= 4 is 51.1 Å². The zero-order valence-corrected chi connectivity index (χ0v) is 18.0. The van der Waals surface area contributed by atoms with Gasteiger partial charge in [0.2, 0.25) is 11.0 Å². The van der Waals surface area contributed by atoms with Crippen LogP contribution in [0.4, 0.5) is 5.13 Å². The van der Waals surface area contributed by atoms with Gasteiger partial charge in [-0.3, -0.25) is 9.59 Å². The average molecular weight is 447 g/mol. The summed E-state index contributed by atoms with van der Waals surface area (Å²) in [7, 11) is 0. The molecular weight excluding hydrogens is 428 g/mol. The van der Waals surface area contributed by atoms with Crippen molar-refractivity contribution in [2.75, 3.05) is 31.1 Å². The van der Waals surface area contributed by atoms with Gasteiger partial charge in [0.25, 0.3) is 0 Å². The van der Waals surface area contributed by atoms with E-state index >= 15 is 0 Å². The van der Waals surface area contributed by atoms with Crippen LogP contribution in [0.5, 0.6) is 0 Å². The van der Waals surface area contributed by atoms with Gasteiger partial charge in [-0.1, -0.05) is 29.0 Å². The molecule has 1 fully saturated rings. The largest absolute Gasteiger partial charge is 0.343 e. The number of piperazine rings is 1. The number of carbonyl (C=O) groups excluding carboxylic acids is 2. The molecule has 0 N–H and O–H groups in total. The molecule has 0 unspecified atom stereocenters. The molecule has 0 radical (unpaired) electrons. The fourth-order valence-corrected chi connectivity index (χ4v) is 4.96. The van der Waals surface area contributed by atoms with Gasteiger partial charge in [-0.15, -0.1) is 21.5 Å². The molecule has 0 saturated carbocycles. The Morgan fingerprint density at radius 1 is 1.00 bits per heavy atom. The lowest BCUT2D eigenvalue weighted by Crippen LogP contribution is -2.48. The lowest BCUT2D eigenvalue weighted by atomic mass is 10.1. The topological polar surface area (TPSA) is 66.4 Å². The predicted octanol–water partition coefficient (Wildman–Crippen LogP) is 4.23. The molecule has 4 rings (SSSR count). The van der Waals surface area contributed by atoms with Gasteiger partial charge in [0, 0.05) is 49.6 Å². The Balaban J connectivity index is 1.26. The maximum Gasteiger partial charge on any atom is 0.223 e. The van der Waals surface area contributed by atoms with Crippen LogP contribution in [0.3, 0.4) is 0 Å². The molecular formula is C20H19ClN4O2S2. The summed E-state index contributed by atoms with van der Waals surface area (Å²) in [6.45, 7) is 2.69. The third kappa shape index (κ3) is 4.83. The average Bonchev–Trinajstić information content (AvgIpc) is 3.44. The number of ketones is 1. The summed E-state index contributed by atoms with van der Waals surface area (Å²) in [5, 5.41) is 13.0. The van der Waals surface area contributed by atoms with Crippen LogP contribution in [-0.4, -0.2) is 53.0 Å². The number of thiophene rings is 1. The number of nitrogens with zero attached hydrogens (tertiary/aromatic N) is 4. The van der Waals surface area contributed by atoms with Gasteiger partial charge in [0.15, 0.2) is 10.8 Å². The number of anilines is 1. The van der Waals surface area contributed by atoms with Crippen molar-refractivity contribution in [3.05, 3.63) is 52.4 Å². The number of aromatic nitrogens is 2. The summed E-state index contributed by atoms with van der Waals surface area (Å²) in [6.07, 6.45) is 0.435. The van der Waals surface area contributed by atoms with E-state index in [0.29, 0.717) is 23.7 Å². The molecule has 3 aromatic rings. The van der Waals surface area contributed by atoms with Crippen LogP contribution in [-0.2, 0) is 4.79 Å². The van der Waals surface area contributed by atoms with Gasteiger partial charge < -0.3 is 9.80 Å². The fraction of sp³-hybridized carbons (Fsp3) is 0.300. The minimum atomic E-state index is -0.0383. The van der Waals surface area contributed by atoms with Crippen LogP contribution in [0.15, 0.2) is 41.8 Å². The van der Waals surface area contributed by atoms with Crippen LogP contribution in [0.2, 0.25) is 5.02 Å². The van der Waals surface area contributed by atoms with Crippen LogP contribution >= 0.6 is 34.3 Å². The van der Waals surface area contributed by atoms with Crippen molar-refractivity contribution in [2.45, 2.75) is 12.8 Å². The monoisotopic (exact) mass is 446 g/mol. The second-order valence-corrected chi connectivity index (χ2v) is 9.01. The van der Waals surface area contributed by atoms with Crippen molar-refractivity contribution in [3.8, 4) is 9.88 Å². The van der Waals surface area contributed by atoms with E-state index in [1.807, 2.05) is 22.4 Å². The summed E-state index contributed by atoms with van der Waals surface area (Å²) < 4.78 is 0. The molecule has 6 nitrogen and oxygen atoms in total. The predicted molar refractivity (Wildman–Crippen MR) is 117 cm³/mol. The standard InChI is InChI=1S/C20H19ClN4O2S2/c21-15-5-3-14(4-6-15)16(26)7-8-18(27)24-9-11-25(12-10-24)20-23-22-19(29-20)17-2-1-13-28-17/h1-6,13H,7-12H2. The van der Waals surface area contributed by atoms with E-state index in [1.54, 1.807) is 46.9 Å². The van der Waals surface area contributed by atoms with Crippen molar-refractivity contribution in [1.29, 1.82) is 0 Å². The SMILES string of the molecule is O=C(CCC(=O)N1CCN(c2nnc(-c3cccs3)s2)CC1)c1ccc(Cl)cc1. The molecule has 1 amide bonds. The van der Waals surface area contributed by atoms with E-state index in [2.05, 4.69) is 15.1 Å². The number of benzene rings is 1. The highest BCUT2D eigenvalue weighted by atomic mass is 35.5. The first-order valence-corrected chi connectivity index (χ1v) is 11.4. The Morgan fingerprint density at radius 3 is 2.45 bits per heavy atom. The summed E-state index contributed by atoms with van der Waals surface area (Å²) in [4.78, 5) is 29.9. The van der Waals surface area contributed by atoms with Gasteiger partial charge >= 0.3 is 0 Å². The molecule has 0 atom stereocenters. The molecule has 29 heavy (non-hydrogen) atoms. The van der Waals surface area contributed by atoms with E-state index in [9.17, 15) is 9.59 Å². The van der Waals surface area contributed by atoms with Crippen molar-refractivity contribution in [3.63, 3.8) is 0 Å². The van der Waals surface area contributed by atoms with Crippen LogP contribution in [0.25, 0.3) is 9.88 Å². The lowest BCUT2D eigenvalue weighted by Gasteiger charge is -2.34. The first-order chi connectivity index (χ1) is 14.1. The number of carbonyl (C=O) groups is 2. The second kappa shape index (κ2) is 9.02. The molecule has 1 aromatic carbocycles. The van der Waals surface area contributed by atoms with E-state index in [-0.39, 0.29) is 24.5 Å². The maximum absolute atomic E-state index is 12.5. The Morgan fingerprint density at radius 2 is 1.76 bits per heavy atom. The fourth-order valence-electron chi connectivity index (χ4n) is 3.15. The highest BCUT2D eigenvalue weighted by Crippen LogP contribution is 2.31. The van der Waals surface area contributed by atoms with Crippen molar-refractivity contribution in [2.24, 2.45) is 0 Å². The zero-order chi connectivity index (χ0) is 20.2. The third-order valence-corrected chi connectivity index (χ3v) is 7.06. The first kappa shape index (κ1) is 20.0. The number of halogens is 1. The normalized spacial score (nSPS) is 14.2. The Hall–Kier alpha value is -2.29. The number of rotatable bonds is 6. The summed E-state index contributed by atoms with van der Waals surface area (Å²) in [6, 6.07) is 10.8. The highest BCUT2D eigenvalue weighted by Gasteiger charge is 2.24. The Labute approximate surface area is 181 Å². The van der Waals surface area contributed by atoms with Crippen molar-refractivity contribution in [1.82, 2.24) is 15.1 Å². The maximum atomic E-state index is 12.5. The minimum Gasteiger partial charge on any atom is -0.343 e. The molecule has 1 saturated heterocycles. The molecule has 3 heterocycles. The molecule has 1 aliphatic rings. The summed E-state index contributed by atoms with van der Waals surface area (Å²) in [5.41, 5.74) is 0.588. The van der Waals surface area contributed by atoms with Crippen LogP contribution in [0.1, 0.15) is 23.2 Å². The summed E-state index contributed by atoms with van der Waals surface area (Å²) >= 11 is 9.07. The van der Waals surface area contributed by atoms with Gasteiger partial charge in [-0.05, 0) is 35.7 Å². The van der Waals surface area contributed by atoms with E-state index in [4.69, 9.17) is 11.6 Å². The molecule has 0 bridgehead atoms. The molecule has 1 aliphatic heterocycles. The van der Waals surface area contributed by atoms with Crippen molar-refractivity contribution < 1.29 is 9.59 Å². The molecule has 9 heteroatoms. The van der Waals surface area contributed by atoms with Gasteiger partial charge in [-0.2, -0.15) is 0 Å². The quantitative estimate of drug-likeness (QED) is 0.530. The minimum absolute atomic E-state index is 0.0171. The van der Waals surface area contributed by atoms with E-state index in [0.717, 1.165) is 28.1 Å². The molecule has 2 aromatic heterocycles. The highest BCUT2D eigenvalue weighted by molar-refractivity contribution is 7.22. The third-order valence-electron chi connectivity index (χ3n) is 4.78. The number of hydrogen-bond donors (Lipinski definition) is 0. The van der Waals surface area contributed by atoms with Crippen LogP contribution < -0.4 is 4.90 Å². The molecule has 0 spiro atoms. The number of amides is 1. The second-order valence-electron chi connectivity index (χ2n) is 6.66. The van der Waals surface area contributed by atoms with Gasteiger partial charge in [0.1, 0.15) is 0 Å². The Bertz CT molecular complexity index is 980. The number of Topliss-reactive ketones (excluding diaryl/α,β-unsaturated/α-hetero) is 1. The zero-order valence-electron chi connectivity index (χ0n) is 15.6. The lowest BCUT2D eigenvalue weighted by molar-refractivity contribution is -0.131. The van der Waals surface area contributed by atoms with Gasteiger partial charge in [-0.25, -0.2) is 0 Å². The van der Waals surface area contributed by atoms with E-state index < -0.39 is 0 Å². The molecule has 150 valence electrons. The van der Waals surface area contributed by atoms with Gasteiger partial charge in [0.05, 0.1) is 4.88 Å². The molecule has 0 aliphatic carbocycles.